The predicted octanol–water partition coefficient (Wildman–Crippen LogP) is 6.40. The molecule has 0 bridgehead atoms. The van der Waals surface area contributed by atoms with Crippen LogP contribution in [0.4, 0.5) is 15.8 Å². The Hall–Kier alpha value is -4.23. The van der Waals surface area contributed by atoms with Crippen molar-refractivity contribution < 1.29 is 14.0 Å². The van der Waals surface area contributed by atoms with Crippen molar-refractivity contribution in [3.8, 4) is 5.69 Å². The van der Waals surface area contributed by atoms with Gasteiger partial charge in [-0.1, -0.05) is 48.9 Å². The van der Waals surface area contributed by atoms with Crippen LogP contribution in [0.15, 0.2) is 95.9 Å². The van der Waals surface area contributed by atoms with E-state index in [1.165, 1.54) is 29.7 Å². The van der Waals surface area contributed by atoms with Crippen LogP contribution >= 0.6 is 11.6 Å². The molecule has 196 valence electrons. The lowest BCUT2D eigenvalue weighted by atomic mass is 9.97. The molecule has 1 aromatic heterocycles. The zero-order valence-corrected chi connectivity index (χ0v) is 22.1. The number of pyridine rings is 1. The second-order valence-electron chi connectivity index (χ2n) is 8.78. The summed E-state index contributed by atoms with van der Waals surface area (Å²) in [5.41, 5.74) is 3.25. The lowest BCUT2D eigenvalue weighted by Gasteiger charge is -2.15. The first-order chi connectivity index (χ1) is 18.1. The Bertz CT molecular complexity index is 1470. The van der Waals surface area contributed by atoms with Gasteiger partial charge in [-0.3, -0.25) is 19.0 Å². The monoisotopic (exact) mass is 533 g/mol. The number of hydrogen-bond donors (Lipinski definition) is 2. The summed E-state index contributed by atoms with van der Waals surface area (Å²) in [6.07, 6.45) is 2.15. The molecule has 0 saturated carbocycles. The fourth-order valence-electron chi connectivity index (χ4n) is 3.65. The Morgan fingerprint density at radius 2 is 1.63 bits per heavy atom. The lowest BCUT2D eigenvalue weighted by Crippen LogP contribution is -2.23. The van der Waals surface area contributed by atoms with Crippen molar-refractivity contribution in [1.82, 2.24) is 4.57 Å². The molecular formula is C30H29ClFN3O3. The minimum atomic E-state index is -0.584. The topological polar surface area (TPSA) is 80.2 Å². The minimum absolute atomic E-state index is 0.0766. The number of carbonyl (C=O) groups excluding carboxylic acids is 2. The molecule has 0 aliphatic heterocycles. The quantitative estimate of drug-likeness (QED) is 0.301. The molecule has 1 atom stereocenters. The number of hydrogen-bond acceptors (Lipinski definition) is 3. The number of amides is 2. The Kier molecular flexibility index (Phi) is 9.96. The van der Waals surface area contributed by atoms with Crippen LogP contribution in [-0.2, 0) is 16.0 Å². The molecule has 0 radical (unpaired) electrons. The highest BCUT2D eigenvalue weighted by Crippen LogP contribution is 2.20. The molecule has 4 rings (SSSR count). The summed E-state index contributed by atoms with van der Waals surface area (Å²) in [6, 6.07) is 23.9. The van der Waals surface area contributed by atoms with Crippen LogP contribution in [0.2, 0.25) is 5.02 Å². The molecule has 4 aromatic rings. The van der Waals surface area contributed by atoms with E-state index in [9.17, 15) is 18.8 Å². The molecule has 0 saturated heterocycles. The third-order valence-electron chi connectivity index (χ3n) is 5.71. The first kappa shape index (κ1) is 28.3. The molecular weight excluding hydrogens is 505 g/mol. The number of aryl methyl sites for hydroxylation is 1. The Labute approximate surface area is 226 Å². The number of rotatable bonds is 6. The number of nitrogens with zero attached hydrogens (tertiary/aromatic N) is 1. The number of benzene rings is 3. The molecule has 0 fully saturated rings. The number of aromatic nitrogens is 1. The minimum Gasteiger partial charge on any atom is -0.326 e. The standard InChI is InChI=1S/C22H21FN2O2.C8H8ClNO/c1-15-7-3-4-8-17(15)13-16(2)22(27)24-20-11-10-18(14-19(20)23)25-12-6-5-9-21(25)26;1-6(11)10-8-4-2-7(9)3-5-8/h3-12,14,16H,13H2,1-2H3,(H,24,27);2-5H,1H3,(H,10,11)/t16-;/m1./s1. The second kappa shape index (κ2) is 13.4. The van der Waals surface area contributed by atoms with Gasteiger partial charge in [-0.15, -0.1) is 0 Å². The maximum atomic E-state index is 14.5. The summed E-state index contributed by atoms with van der Waals surface area (Å²) in [4.78, 5) is 34.9. The SMILES string of the molecule is CC(=O)Nc1ccc(Cl)cc1.Cc1ccccc1C[C@@H](C)C(=O)Nc1ccc(-n2ccccc2=O)cc1F. The van der Waals surface area contributed by atoms with Crippen LogP contribution in [0.3, 0.4) is 0 Å². The number of carbonyl (C=O) groups is 2. The fourth-order valence-corrected chi connectivity index (χ4v) is 3.78. The van der Waals surface area contributed by atoms with E-state index in [1.807, 2.05) is 38.1 Å². The highest BCUT2D eigenvalue weighted by atomic mass is 35.5. The van der Waals surface area contributed by atoms with Crippen LogP contribution in [0, 0.1) is 18.7 Å². The van der Waals surface area contributed by atoms with E-state index in [2.05, 4.69) is 10.6 Å². The highest BCUT2D eigenvalue weighted by Gasteiger charge is 2.16. The van der Waals surface area contributed by atoms with Gasteiger partial charge >= 0.3 is 0 Å². The summed E-state index contributed by atoms with van der Waals surface area (Å²) in [6.45, 7) is 5.29. The van der Waals surface area contributed by atoms with E-state index in [1.54, 1.807) is 48.7 Å². The van der Waals surface area contributed by atoms with E-state index < -0.39 is 5.82 Å². The van der Waals surface area contributed by atoms with Gasteiger partial charge in [0.2, 0.25) is 11.8 Å². The van der Waals surface area contributed by atoms with Crippen LogP contribution in [0.25, 0.3) is 5.69 Å². The molecule has 0 unspecified atom stereocenters. The largest absolute Gasteiger partial charge is 0.326 e. The molecule has 0 spiro atoms. The van der Waals surface area contributed by atoms with Gasteiger partial charge in [-0.2, -0.15) is 0 Å². The van der Waals surface area contributed by atoms with E-state index in [-0.39, 0.29) is 29.0 Å². The molecule has 2 amide bonds. The Morgan fingerprint density at radius 3 is 2.26 bits per heavy atom. The third-order valence-corrected chi connectivity index (χ3v) is 5.96. The lowest BCUT2D eigenvalue weighted by molar-refractivity contribution is -0.119. The van der Waals surface area contributed by atoms with E-state index in [0.717, 1.165) is 16.8 Å². The molecule has 38 heavy (non-hydrogen) atoms. The zero-order valence-electron chi connectivity index (χ0n) is 21.4. The van der Waals surface area contributed by atoms with Gasteiger partial charge in [0.15, 0.2) is 0 Å². The molecule has 2 N–H and O–H groups in total. The van der Waals surface area contributed by atoms with Gasteiger partial charge in [0.05, 0.1) is 11.4 Å². The maximum absolute atomic E-state index is 14.5. The highest BCUT2D eigenvalue weighted by molar-refractivity contribution is 6.30. The summed E-state index contributed by atoms with van der Waals surface area (Å²) >= 11 is 5.64. The van der Waals surface area contributed by atoms with E-state index in [4.69, 9.17) is 11.6 Å². The Balaban J connectivity index is 0.000000304. The Morgan fingerprint density at radius 1 is 0.947 bits per heavy atom. The second-order valence-corrected chi connectivity index (χ2v) is 9.22. The third kappa shape index (κ3) is 8.15. The molecule has 0 aliphatic rings. The van der Waals surface area contributed by atoms with Crippen LogP contribution in [-0.4, -0.2) is 16.4 Å². The van der Waals surface area contributed by atoms with Gasteiger partial charge in [0.25, 0.3) is 5.56 Å². The smallest absolute Gasteiger partial charge is 0.255 e. The predicted molar refractivity (Wildman–Crippen MR) is 150 cm³/mol. The van der Waals surface area contributed by atoms with Crippen LogP contribution in [0.5, 0.6) is 0 Å². The summed E-state index contributed by atoms with van der Waals surface area (Å²) < 4.78 is 15.8. The molecule has 0 aliphatic carbocycles. The normalized spacial score (nSPS) is 11.1. The molecule has 1 heterocycles. The van der Waals surface area contributed by atoms with E-state index >= 15 is 0 Å². The number of halogens is 2. The molecule has 6 nitrogen and oxygen atoms in total. The fraction of sp³-hybridized carbons (Fsp3) is 0.167. The summed E-state index contributed by atoms with van der Waals surface area (Å²) in [7, 11) is 0. The van der Waals surface area contributed by atoms with Gasteiger partial charge in [0.1, 0.15) is 5.82 Å². The van der Waals surface area contributed by atoms with Crippen molar-refractivity contribution in [3.05, 3.63) is 123 Å². The van der Waals surface area contributed by atoms with Crippen LogP contribution in [0.1, 0.15) is 25.0 Å². The number of nitrogens with one attached hydrogen (secondary N) is 2. The van der Waals surface area contributed by atoms with Crippen molar-refractivity contribution in [3.63, 3.8) is 0 Å². The van der Waals surface area contributed by atoms with Crippen molar-refractivity contribution >= 4 is 34.8 Å². The van der Waals surface area contributed by atoms with Crippen LogP contribution < -0.4 is 16.2 Å². The van der Waals surface area contributed by atoms with Crippen molar-refractivity contribution in [2.24, 2.45) is 5.92 Å². The van der Waals surface area contributed by atoms with Gasteiger partial charge in [0, 0.05) is 41.9 Å². The van der Waals surface area contributed by atoms with Crippen molar-refractivity contribution in [1.29, 1.82) is 0 Å². The maximum Gasteiger partial charge on any atom is 0.255 e. The van der Waals surface area contributed by atoms with Crippen molar-refractivity contribution in [2.45, 2.75) is 27.2 Å². The molecule has 3 aromatic carbocycles. The van der Waals surface area contributed by atoms with Gasteiger partial charge in [-0.05, 0) is 66.9 Å². The van der Waals surface area contributed by atoms with Gasteiger partial charge in [-0.25, -0.2) is 4.39 Å². The average Bonchev–Trinajstić information content (AvgIpc) is 2.88. The van der Waals surface area contributed by atoms with E-state index in [0.29, 0.717) is 17.1 Å². The zero-order chi connectivity index (χ0) is 27.7. The molecule has 8 heteroatoms. The average molecular weight is 534 g/mol. The van der Waals surface area contributed by atoms with Gasteiger partial charge < -0.3 is 10.6 Å². The number of anilines is 2. The van der Waals surface area contributed by atoms with Crippen molar-refractivity contribution in [2.75, 3.05) is 10.6 Å². The summed E-state index contributed by atoms with van der Waals surface area (Å²) in [5.74, 6) is -1.21. The first-order valence-electron chi connectivity index (χ1n) is 12.0. The summed E-state index contributed by atoms with van der Waals surface area (Å²) in [5, 5.41) is 5.94. The first-order valence-corrected chi connectivity index (χ1v) is 12.4.